The number of nitrogens with zero attached hydrogens (tertiary/aromatic N) is 1. The highest BCUT2D eigenvalue weighted by molar-refractivity contribution is 5.77. The highest BCUT2D eigenvalue weighted by Gasteiger charge is 2.13. The largest absolute Gasteiger partial charge is 0.482 e. The minimum absolute atomic E-state index is 0.271. The Morgan fingerprint density at radius 3 is 2.84 bits per heavy atom. The van der Waals surface area contributed by atoms with Gasteiger partial charge in [0.15, 0.2) is 11.6 Å². The van der Waals surface area contributed by atoms with Crippen molar-refractivity contribution >= 4 is 12.1 Å². The van der Waals surface area contributed by atoms with Crippen LogP contribution >= 0.6 is 0 Å². The average Bonchev–Trinajstić information content (AvgIpc) is 2.42. The van der Waals surface area contributed by atoms with Crippen molar-refractivity contribution in [1.29, 1.82) is 0 Å². The van der Waals surface area contributed by atoms with Crippen LogP contribution in [0.4, 0.5) is 5.82 Å². The molecule has 0 radical (unpaired) electrons. The number of nitrogen functional groups attached to an aromatic ring is 1. The monoisotopic (exact) mass is 256 g/mol. The minimum atomic E-state index is -0.271. The van der Waals surface area contributed by atoms with Crippen molar-refractivity contribution in [3.63, 3.8) is 0 Å². The second-order valence-electron chi connectivity index (χ2n) is 4.40. The van der Waals surface area contributed by atoms with Crippen LogP contribution in [0.25, 0.3) is 0 Å². The zero-order chi connectivity index (χ0) is 13.8. The molecule has 0 aliphatic rings. The summed E-state index contributed by atoms with van der Waals surface area (Å²) >= 11 is 0. The van der Waals surface area contributed by atoms with Crippen LogP contribution in [0.5, 0.6) is 5.75 Å². The Morgan fingerprint density at radius 2 is 2.11 bits per heavy atom. The van der Waals surface area contributed by atoms with E-state index in [1.807, 2.05) is 38.1 Å². The van der Waals surface area contributed by atoms with Gasteiger partial charge in [-0.3, -0.25) is 4.79 Å². The van der Waals surface area contributed by atoms with Gasteiger partial charge >= 0.3 is 0 Å². The SMILES string of the molecule is Cc1cnc(N)c(OC(C)c2ccccc2C=O)c1. The van der Waals surface area contributed by atoms with Crippen LogP contribution in [0.1, 0.15) is 34.5 Å². The lowest BCUT2D eigenvalue weighted by atomic mass is 10.0. The zero-order valence-corrected chi connectivity index (χ0v) is 11.0. The number of benzene rings is 1. The van der Waals surface area contributed by atoms with Gasteiger partial charge in [0.1, 0.15) is 12.4 Å². The van der Waals surface area contributed by atoms with Gasteiger partial charge in [0.25, 0.3) is 0 Å². The van der Waals surface area contributed by atoms with Crippen LogP contribution in [0.3, 0.4) is 0 Å². The predicted molar refractivity (Wildman–Crippen MR) is 74.3 cm³/mol. The summed E-state index contributed by atoms with van der Waals surface area (Å²) in [7, 11) is 0. The molecule has 0 fully saturated rings. The summed E-state index contributed by atoms with van der Waals surface area (Å²) in [6.07, 6.45) is 2.24. The van der Waals surface area contributed by atoms with Gasteiger partial charge in [0.05, 0.1) is 0 Å². The smallest absolute Gasteiger partial charge is 0.166 e. The summed E-state index contributed by atoms with van der Waals surface area (Å²) in [5, 5.41) is 0. The lowest BCUT2D eigenvalue weighted by Crippen LogP contribution is -2.08. The van der Waals surface area contributed by atoms with Gasteiger partial charge in [0, 0.05) is 17.3 Å². The maximum atomic E-state index is 11.0. The maximum Gasteiger partial charge on any atom is 0.166 e. The van der Waals surface area contributed by atoms with E-state index in [2.05, 4.69) is 4.98 Å². The molecule has 0 aliphatic carbocycles. The molecule has 0 saturated heterocycles. The molecule has 0 saturated carbocycles. The summed E-state index contributed by atoms with van der Waals surface area (Å²) in [5.74, 6) is 0.884. The Morgan fingerprint density at radius 1 is 1.37 bits per heavy atom. The fourth-order valence-corrected chi connectivity index (χ4v) is 1.89. The molecule has 1 unspecified atom stereocenters. The molecular weight excluding hydrogens is 240 g/mol. The third-order valence-corrected chi connectivity index (χ3v) is 2.88. The van der Waals surface area contributed by atoms with Gasteiger partial charge < -0.3 is 10.5 Å². The van der Waals surface area contributed by atoms with Crippen molar-refractivity contribution in [1.82, 2.24) is 4.98 Å². The van der Waals surface area contributed by atoms with E-state index in [1.54, 1.807) is 12.3 Å². The maximum absolute atomic E-state index is 11.0. The standard InChI is InChI=1S/C15H16N2O2/c1-10-7-14(15(16)17-8-10)19-11(2)13-6-4-3-5-12(13)9-18/h3-9,11H,1-2H3,(H2,16,17). The van der Waals surface area contributed by atoms with Crippen molar-refractivity contribution < 1.29 is 9.53 Å². The van der Waals surface area contributed by atoms with Gasteiger partial charge in [-0.1, -0.05) is 24.3 Å². The van der Waals surface area contributed by atoms with E-state index in [4.69, 9.17) is 10.5 Å². The number of ether oxygens (including phenoxy) is 1. The van der Waals surface area contributed by atoms with Gasteiger partial charge in [-0.15, -0.1) is 0 Å². The summed E-state index contributed by atoms with van der Waals surface area (Å²) < 4.78 is 5.81. The summed E-state index contributed by atoms with van der Waals surface area (Å²) in [4.78, 5) is 15.1. The van der Waals surface area contributed by atoms with E-state index < -0.39 is 0 Å². The topological polar surface area (TPSA) is 65.2 Å². The highest BCUT2D eigenvalue weighted by atomic mass is 16.5. The van der Waals surface area contributed by atoms with Crippen LogP contribution in [-0.2, 0) is 0 Å². The Hall–Kier alpha value is -2.36. The quantitative estimate of drug-likeness (QED) is 0.854. The molecule has 0 amide bonds. The fraction of sp³-hybridized carbons (Fsp3) is 0.200. The molecule has 2 aromatic rings. The van der Waals surface area contributed by atoms with E-state index >= 15 is 0 Å². The molecule has 0 bridgehead atoms. The van der Waals surface area contributed by atoms with Gasteiger partial charge in [0.2, 0.25) is 0 Å². The number of aldehydes is 1. The second kappa shape index (κ2) is 5.52. The highest BCUT2D eigenvalue weighted by Crippen LogP contribution is 2.27. The number of hydrogen-bond acceptors (Lipinski definition) is 4. The first-order valence-electron chi connectivity index (χ1n) is 6.04. The van der Waals surface area contributed by atoms with E-state index in [-0.39, 0.29) is 6.10 Å². The van der Waals surface area contributed by atoms with Crippen molar-refractivity contribution in [2.75, 3.05) is 5.73 Å². The molecule has 2 N–H and O–H groups in total. The summed E-state index contributed by atoms with van der Waals surface area (Å²) in [6, 6.07) is 9.17. The first kappa shape index (κ1) is 13.1. The van der Waals surface area contributed by atoms with Crippen LogP contribution < -0.4 is 10.5 Å². The van der Waals surface area contributed by atoms with Crippen LogP contribution in [0.2, 0.25) is 0 Å². The lowest BCUT2D eigenvalue weighted by Gasteiger charge is -2.17. The lowest BCUT2D eigenvalue weighted by molar-refractivity contribution is 0.111. The van der Waals surface area contributed by atoms with Gasteiger partial charge in [-0.2, -0.15) is 0 Å². The van der Waals surface area contributed by atoms with Crippen LogP contribution in [0, 0.1) is 6.92 Å². The molecule has 4 nitrogen and oxygen atoms in total. The summed E-state index contributed by atoms with van der Waals surface area (Å²) in [5.41, 5.74) is 8.20. The van der Waals surface area contributed by atoms with Crippen molar-refractivity contribution in [2.45, 2.75) is 20.0 Å². The number of nitrogens with two attached hydrogens (primary N) is 1. The number of rotatable bonds is 4. The first-order valence-corrected chi connectivity index (χ1v) is 6.04. The minimum Gasteiger partial charge on any atom is -0.482 e. The first-order chi connectivity index (χ1) is 9.11. The van der Waals surface area contributed by atoms with E-state index in [0.29, 0.717) is 17.1 Å². The Bertz CT molecular complexity index is 596. The molecule has 1 aromatic carbocycles. The molecule has 1 atom stereocenters. The molecule has 1 heterocycles. The van der Waals surface area contributed by atoms with Gasteiger partial charge in [-0.05, 0) is 25.5 Å². The number of aryl methyl sites for hydroxylation is 1. The van der Waals surface area contributed by atoms with Gasteiger partial charge in [-0.25, -0.2) is 4.98 Å². The van der Waals surface area contributed by atoms with Crippen LogP contribution in [0.15, 0.2) is 36.5 Å². The molecule has 2 rings (SSSR count). The Labute approximate surface area is 112 Å². The van der Waals surface area contributed by atoms with Crippen molar-refractivity contribution in [2.24, 2.45) is 0 Å². The third-order valence-electron chi connectivity index (χ3n) is 2.88. The number of aromatic nitrogens is 1. The number of hydrogen-bond donors (Lipinski definition) is 1. The molecule has 4 heteroatoms. The Kier molecular flexibility index (Phi) is 3.80. The molecule has 19 heavy (non-hydrogen) atoms. The number of carbonyl (C=O) groups is 1. The number of pyridine rings is 1. The van der Waals surface area contributed by atoms with E-state index in [1.165, 1.54) is 0 Å². The normalized spacial score (nSPS) is 11.9. The third kappa shape index (κ3) is 2.91. The molecule has 0 spiro atoms. The second-order valence-corrected chi connectivity index (χ2v) is 4.40. The molecule has 0 aliphatic heterocycles. The van der Waals surface area contributed by atoms with Crippen molar-refractivity contribution in [3.05, 3.63) is 53.2 Å². The van der Waals surface area contributed by atoms with E-state index in [9.17, 15) is 4.79 Å². The van der Waals surface area contributed by atoms with Crippen molar-refractivity contribution in [3.8, 4) is 5.75 Å². The molecule has 1 aromatic heterocycles. The number of anilines is 1. The zero-order valence-electron chi connectivity index (χ0n) is 11.0. The van der Waals surface area contributed by atoms with Crippen LogP contribution in [-0.4, -0.2) is 11.3 Å². The number of carbonyl (C=O) groups excluding carboxylic acids is 1. The fourth-order valence-electron chi connectivity index (χ4n) is 1.89. The molecular formula is C15H16N2O2. The Balaban J connectivity index is 2.28. The van der Waals surface area contributed by atoms with E-state index in [0.717, 1.165) is 17.4 Å². The molecule has 98 valence electrons. The predicted octanol–water partition coefficient (Wildman–Crippen LogP) is 2.92. The summed E-state index contributed by atoms with van der Waals surface area (Å²) in [6.45, 7) is 3.80. The average molecular weight is 256 g/mol.